The molecule has 0 unspecified atom stereocenters. The molecule has 300 valence electrons. The molecule has 0 radical (unpaired) electrons. The number of hydrogen-bond acceptors (Lipinski definition) is 9. The molecule has 3 aromatic carbocycles. The number of nitrogens with one attached hydrogen (secondary N) is 1. The van der Waals surface area contributed by atoms with Crippen LogP contribution in [-0.2, 0) is 25.7 Å². The number of amides is 4. The summed E-state index contributed by atoms with van der Waals surface area (Å²) in [5.74, 6) is -0.768. The van der Waals surface area contributed by atoms with Crippen molar-refractivity contribution >= 4 is 40.7 Å². The number of fused-ring (bicyclic) bond motifs is 1. The normalized spacial score (nSPS) is 24.2. The number of carbonyl (C=O) groups excluding carboxylic acids is 4. The lowest BCUT2D eigenvalue weighted by atomic mass is 9.62. The summed E-state index contributed by atoms with van der Waals surface area (Å²) in [7, 11) is 1.57. The molecule has 0 saturated carbocycles. The summed E-state index contributed by atoms with van der Waals surface area (Å²) >= 11 is 0. The number of β-lactam (4-membered cyclic amide) rings is 1. The third-order valence-corrected chi connectivity index (χ3v) is 13.2. The first-order valence-corrected chi connectivity index (χ1v) is 20.2. The van der Waals surface area contributed by atoms with Crippen LogP contribution < -0.4 is 24.8 Å². The lowest BCUT2D eigenvalue weighted by Gasteiger charge is -2.57. The Hall–Kier alpha value is -5.08. The summed E-state index contributed by atoms with van der Waals surface area (Å²) in [6.45, 7) is 7.17. The van der Waals surface area contributed by atoms with Crippen molar-refractivity contribution in [3.8, 4) is 5.75 Å². The van der Waals surface area contributed by atoms with Gasteiger partial charge in [-0.05, 0) is 86.1 Å². The highest BCUT2D eigenvalue weighted by atomic mass is 19.1. The van der Waals surface area contributed by atoms with Crippen LogP contribution in [0.5, 0.6) is 5.75 Å². The predicted molar refractivity (Wildman–Crippen MR) is 208 cm³/mol. The fourth-order valence-corrected chi connectivity index (χ4v) is 10.1. The maximum absolute atomic E-state index is 16.2. The molecule has 4 amide bonds. The summed E-state index contributed by atoms with van der Waals surface area (Å²) < 4.78 is 42.1. The number of hydrogen-bond donors (Lipinski definition) is 1. The number of nitrogens with zero attached hydrogens (tertiary/aromatic N) is 5. The number of piperidine rings is 2. The quantitative estimate of drug-likeness (QED) is 0.258. The third-order valence-electron chi connectivity index (χ3n) is 13.2. The van der Waals surface area contributed by atoms with E-state index in [1.807, 2.05) is 12.1 Å². The van der Waals surface area contributed by atoms with Gasteiger partial charge in [-0.25, -0.2) is 8.78 Å². The first kappa shape index (κ1) is 37.5. The van der Waals surface area contributed by atoms with Crippen molar-refractivity contribution in [2.75, 3.05) is 80.8 Å². The van der Waals surface area contributed by atoms with Gasteiger partial charge in [-0.15, -0.1) is 0 Å². The molecule has 6 aliphatic rings. The first-order chi connectivity index (χ1) is 27.6. The molecule has 6 aliphatic heterocycles. The number of rotatable bonds is 8. The standard InChI is InChI=1S/C43H48F2N6O6/c1-56-37-24-36(34(45)23-33(37)39-43(11-19-57-20-12-43)42(55)51(39)31-4-2-3-29(44)22-31)49-13-9-27(10-14-49)25-47-15-17-48(18-16-47)30-5-6-32-28(21-30)26-50(41(32)54)35-7-8-38(52)46-40(35)53/h2-6,21-24,27,35,39H,7-20,25-26H2,1H3,(H,46,52,53)/t35-,39-/m0/s1. The number of ether oxygens (including phenoxy) is 2. The second-order valence-corrected chi connectivity index (χ2v) is 16.3. The molecule has 57 heavy (non-hydrogen) atoms. The fourth-order valence-electron chi connectivity index (χ4n) is 10.1. The number of imide groups is 1. The van der Waals surface area contributed by atoms with Gasteiger partial charge in [0.25, 0.3) is 5.91 Å². The van der Waals surface area contributed by atoms with Gasteiger partial charge < -0.3 is 29.1 Å². The molecule has 9 rings (SSSR count). The molecule has 2 atom stereocenters. The number of benzene rings is 3. The molecule has 5 fully saturated rings. The van der Waals surface area contributed by atoms with Crippen LogP contribution in [0.2, 0.25) is 0 Å². The highest BCUT2D eigenvalue weighted by molar-refractivity contribution is 6.07. The van der Waals surface area contributed by atoms with Crippen molar-refractivity contribution in [3.05, 3.63) is 82.9 Å². The molecule has 12 nitrogen and oxygen atoms in total. The predicted octanol–water partition coefficient (Wildman–Crippen LogP) is 4.66. The highest BCUT2D eigenvalue weighted by Gasteiger charge is 2.62. The van der Waals surface area contributed by atoms with Gasteiger partial charge in [0.1, 0.15) is 23.4 Å². The Morgan fingerprint density at radius 2 is 1.63 bits per heavy atom. The van der Waals surface area contributed by atoms with Crippen LogP contribution in [0, 0.1) is 23.0 Å². The van der Waals surface area contributed by atoms with E-state index in [2.05, 4.69) is 26.1 Å². The maximum Gasteiger partial charge on any atom is 0.255 e. The van der Waals surface area contributed by atoms with E-state index >= 15 is 4.39 Å². The number of anilines is 3. The first-order valence-electron chi connectivity index (χ1n) is 20.2. The lowest BCUT2D eigenvalue weighted by molar-refractivity contribution is -0.149. The van der Waals surface area contributed by atoms with E-state index in [0.29, 0.717) is 86.3 Å². The summed E-state index contributed by atoms with van der Waals surface area (Å²) in [6.07, 6.45) is 3.44. The zero-order valence-electron chi connectivity index (χ0n) is 32.2. The Labute approximate surface area is 330 Å². The second kappa shape index (κ2) is 15.0. The van der Waals surface area contributed by atoms with E-state index in [9.17, 15) is 23.6 Å². The Balaban J connectivity index is 0.813. The summed E-state index contributed by atoms with van der Waals surface area (Å²) in [5, 5.41) is 2.36. The molecule has 6 heterocycles. The molecule has 5 saturated heterocycles. The highest BCUT2D eigenvalue weighted by Crippen LogP contribution is 2.59. The van der Waals surface area contributed by atoms with Gasteiger partial charge in [0.05, 0.1) is 24.3 Å². The second-order valence-electron chi connectivity index (χ2n) is 16.3. The Morgan fingerprint density at radius 1 is 0.860 bits per heavy atom. The molecule has 0 bridgehead atoms. The van der Waals surface area contributed by atoms with Gasteiger partial charge in [0.15, 0.2) is 0 Å². The minimum atomic E-state index is -0.765. The zero-order valence-corrected chi connectivity index (χ0v) is 32.2. The molecule has 3 aromatic rings. The number of piperazine rings is 1. The average Bonchev–Trinajstić information content (AvgIpc) is 3.55. The van der Waals surface area contributed by atoms with E-state index in [1.165, 1.54) is 18.2 Å². The lowest BCUT2D eigenvalue weighted by Crippen LogP contribution is -2.65. The van der Waals surface area contributed by atoms with E-state index in [4.69, 9.17) is 9.47 Å². The molecule has 0 aromatic heterocycles. The molecule has 0 aliphatic carbocycles. The van der Waals surface area contributed by atoms with Gasteiger partial charge in [0, 0.05) is 101 Å². The van der Waals surface area contributed by atoms with Gasteiger partial charge in [-0.1, -0.05) is 6.07 Å². The van der Waals surface area contributed by atoms with Gasteiger partial charge >= 0.3 is 0 Å². The van der Waals surface area contributed by atoms with Crippen LogP contribution in [-0.4, -0.2) is 106 Å². The fraction of sp³-hybridized carbons (Fsp3) is 0.488. The minimum Gasteiger partial charge on any atom is -0.496 e. The van der Waals surface area contributed by atoms with Crippen molar-refractivity contribution in [1.29, 1.82) is 0 Å². The largest absolute Gasteiger partial charge is 0.496 e. The van der Waals surface area contributed by atoms with Crippen LogP contribution in [0.3, 0.4) is 0 Å². The van der Waals surface area contributed by atoms with Gasteiger partial charge in [-0.2, -0.15) is 0 Å². The third kappa shape index (κ3) is 6.69. The summed E-state index contributed by atoms with van der Waals surface area (Å²) in [6, 6.07) is 14.1. The SMILES string of the molecule is COc1cc(N2CCC(CN3CCN(c4ccc5c(c4)CN([C@H]4CCC(=O)NC4=O)C5=O)CC3)CC2)c(F)cc1[C@@H]1N(c2cccc(F)c2)C(=O)C12CCOCC2. The van der Waals surface area contributed by atoms with Crippen molar-refractivity contribution in [2.24, 2.45) is 11.3 Å². The Kier molecular flexibility index (Phi) is 9.88. The molecular formula is C43H48F2N6O6. The van der Waals surface area contributed by atoms with Crippen molar-refractivity contribution in [3.63, 3.8) is 0 Å². The van der Waals surface area contributed by atoms with Crippen molar-refractivity contribution < 1.29 is 37.4 Å². The van der Waals surface area contributed by atoms with Gasteiger partial charge in [0.2, 0.25) is 17.7 Å². The molecule has 1 spiro atoms. The van der Waals surface area contributed by atoms with Crippen molar-refractivity contribution in [2.45, 2.75) is 57.2 Å². The summed E-state index contributed by atoms with van der Waals surface area (Å²) in [5.41, 5.74) is 3.35. The van der Waals surface area contributed by atoms with Crippen LogP contribution in [0.4, 0.5) is 25.8 Å². The van der Waals surface area contributed by atoms with E-state index < -0.39 is 29.2 Å². The van der Waals surface area contributed by atoms with Gasteiger partial charge in [-0.3, -0.25) is 29.4 Å². The smallest absolute Gasteiger partial charge is 0.255 e. The van der Waals surface area contributed by atoms with Crippen LogP contribution >= 0.6 is 0 Å². The average molecular weight is 783 g/mol. The minimum absolute atomic E-state index is 0.0996. The molecule has 14 heteroatoms. The number of methoxy groups -OCH3 is 1. The number of carbonyl (C=O) groups is 4. The Morgan fingerprint density at radius 3 is 2.35 bits per heavy atom. The number of halogens is 2. The van der Waals surface area contributed by atoms with Crippen LogP contribution in [0.1, 0.15) is 66.1 Å². The summed E-state index contributed by atoms with van der Waals surface area (Å²) in [4.78, 5) is 61.2. The van der Waals surface area contributed by atoms with E-state index in [-0.39, 0.29) is 30.0 Å². The van der Waals surface area contributed by atoms with E-state index in [0.717, 1.165) is 56.8 Å². The maximum atomic E-state index is 16.2. The molecule has 1 N–H and O–H groups in total. The van der Waals surface area contributed by atoms with E-state index in [1.54, 1.807) is 35.1 Å². The zero-order chi connectivity index (χ0) is 39.4. The topological polar surface area (TPSA) is 115 Å². The molecular weight excluding hydrogens is 735 g/mol. The monoisotopic (exact) mass is 782 g/mol. The Bertz CT molecular complexity index is 2090. The van der Waals surface area contributed by atoms with Crippen LogP contribution in [0.25, 0.3) is 0 Å². The van der Waals surface area contributed by atoms with Crippen LogP contribution in [0.15, 0.2) is 54.6 Å². The van der Waals surface area contributed by atoms with Crippen molar-refractivity contribution in [1.82, 2.24) is 15.1 Å².